The summed E-state index contributed by atoms with van der Waals surface area (Å²) >= 11 is 0. The van der Waals surface area contributed by atoms with Gasteiger partial charge in [0.25, 0.3) is 0 Å². The lowest BCUT2D eigenvalue weighted by molar-refractivity contribution is -0.169. The van der Waals surface area contributed by atoms with E-state index in [-0.39, 0.29) is 23.1 Å². The molecule has 2 heterocycles. The van der Waals surface area contributed by atoms with Gasteiger partial charge in [-0.1, -0.05) is 0 Å². The average Bonchev–Trinajstić information content (AvgIpc) is 2.70. The predicted molar refractivity (Wildman–Crippen MR) is 99.0 cm³/mol. The normalized spacial score (nSPS) is 39.9. The molecule has 2 N–H and O–H groups in total. The maximum absolute atomic E-state index is 12.9. The minimum absolute atomic E-state index is 0.0103. The summed E-state index contributed by atoms with van der Waals surface area (Å²) in [5.74, 6) is 2.16. The Bertz CT molecular complexity index is 812. The fourth-order valence-corrected chi connectivity index (χ4v) is 7.07. The van der Waals surface area contributed by atoms with Crippen molar-refractivity contribution < 1.29 is 9.90 Å². The quantitative estimate of drug-likeness (QED) is 0.830. The molecule has 0 radical (unpaired) electrons. The van der Waals surface area contributed by atoms with Gasteiger partial charge in [-0.2, -0.15) is 5.10 Å². The topological polar surface area (TPSA) is 89.2 Å². The number of fused-ring (bicyclic) bond motifs is 1. The van der Waals surface area contributed by atoms with Crippen LogP contribution in [0.2, 0.25) is 0 Å². The molecule has 4 fully saturated rings. The van der Waals surface area contributed by atoms with Crippen LogP contribution >= 0.6 is 0 Å². The fraction of sp³-hybridized carbons (Fsp3) is 0.850. The monoisotopic (exact) mass is 374 g/mol. The van der Waals surface area contributed by atoms with E-state index in [1.807, 2.05) is 0 Å². The number of aryl methyl sites for hydroxylation is 2. The van der Waals surface area contributed by atoms with Gasteiger partial charge < -0.3 is 10.4 Å². The zero-order chi connectivity index (χ0) is 18.8. The molecule has 1 amide bonds. The number of hydrogen-bond donors (Lipinski definition) is 2. The van der Waals surface area contributed by atoms with E-state index in [4.69, 9.17) is 0 Å². The number of aliphatic hydroxyl groups is 1. The highest BCUT2D eigenvalue weighted by molar-refractivity contribution is 5.77. The number of carbonyl (C=O) groups excluding carboxylic acids is 1. The van der Waals surface area contributed by atoms with Crippen LogP contribution in [0.5, 0.6) is 0 Å². The van der Waals surface area contributed by atoms with Crippen LogP contribution in [-0.2, 0) is 24.8 Å². The van der Waals surface area contributed by atoms with Crippen LogP contribution in [0.15, 0.2) is 4.79 Å². The molecular weight excluding hydrogens is 344 g/mol. The van der Waals surface area contributed by atoms with Gasteiger partial charge in [-0.05, 0) is 68.6 Å². The second-order valence-electron chi connectivity index (χ2n) is 9.93. The van der Waals surface area contributed by atoms with Crippen molar-refractivity contribution in [3.8, 4) is 0 Å². The number of nitrogens with zero attached hydrogens (tertiary/aromatic N) is 3. The minimum Gasteiger partial charge on any atom is -0.390 e. The van der Waals surface area contributed by atoms with E-state index in [9.17, 15) is 14.7 Å². The molecule has 1 aliphatic heterocycles. The average molecular weight is 374 g/mol. The number of hydrogen-bond acceptors (Lipinski definition) is 4. The maximum atomic E-state index is 12.9. The molecule has 1 aromatic heterocycles. The molecule has 4 bridgehead atoms. The summed E-state index contributed by atoms with van der Waals surface area (Å²) in [6.07, 6.45) is 9.00. The first-order valence-corrected chi connectivity index (χ1v) is 10.5. The molecule has 0 saturated heterocycles. The Hall–Kier alpha value is -1.63. The van der Waals surface area contributed by atoms with Crippen LogP contribution in [0.4, 0.5) is 0 Å². The summed E-state index contributed by atoms with van der Waals surface area (Å²) in [6, 6.07) is 0.0981. The fourth-order valence-electron chi connectivity index (χ4n) is 7.07. The van der Waals surface area contributed by atoms with Gasteiger partial charge in [0.05, 0.1) is 5.60 Å². The highest BCUT2D eigenvalue weighted by Gasteiger charge is 2.57. The van der Waals surface area contributed by atoms with Crippen LogP contribution in [0.3, 0.4) is 0 Å². The molecule has 4 saturated carbocycles. The Morgan fingerprint density at radius 2 is 2.00 bits per heavy atom. The maximum Gasteiger partial charge on any atom is 0.345 e. The number of aromatic nitrogens is 3. The third-order valence-electron chi connectivity index (χ3n) is 7.55. The van der Waals surface area contributed by atoms with Crippen molar-refractivity contribution in [3.63, 3.8) is 0 Å². The molecular formula is C20H30N4O3. The van der Waals surface area contributed by atoms with Crippen molar-refractivity contribution in [3.05, 3.63) is 16.3 Å². The third kappa shape index (κ3) is 3.04. The second-order valence-corrected chi connectivity index (χ2v) is 9.93. The lowest BCUT2D eigenvalue weighted by Gasteiger charge is -2.60. The van der Waals surface area contributed by atoms with Crippen LogP contribution in [0, 0.1) is 17.3 Å². The summed E-state index contributed by atoms with van der Waals surface area (Å²) in [5.41, 5.74) is -0.572. The van der Waals surface area contributed by atoms with E-state index in [0.717, 1.165) is 57.2 Å². The Kier molecular flexibility index (Phi) is 3.84. The Balaban J connectivity index is 1.22. The standard InChI is InChI=1S/C20H30N4O3/c1-23-18(26)24-5-4-15(2-3-16(24)22-23)21-17(25)11-19-7-13-6-14(8-19)10-20(27,9-13)12-19/h13-15,27H,2-12H2,1H3,(H,21,25). The first-order valence-electron chi connectivity index (χ1n) is 10.5. The van der Waals surface area contributed by atoms with E-state index in [2.05, 4.69) is 10.4 Å². The number of amides is 1. The number of carbonyl (C=O) groups is 1. The molecule has 3 unspecified atom stereocenters. The zero-order valence-electron chi connectivity index (χ0n) is 16.1. The van der Waals surface area contributed by atoms with E-state index in [0.29, 0.717) is 24.8 Å². The summed E-state index contributed by atoms with van der Waals surface area (Å²) < 4.78 is 3.13. The molecule has 7 nitrogen and oxygen atoms in total. The molecule has 148 valence electrons. The first kappa shape index (κ1) is 17.5. The van der Waals surface area contributed by atoms with Crippen molar-refractivity contribution in [2.75, 3.05) is 0 Å². The highest BCUT2D eigenvalue weighted by Crippen LogP contribution is 2.62. The minimum atomic E-state index is -0.512. The van der Waals surface area contributed by atoms with Crippen molar-refractivity contribution in [1.82, 2.24) is 19.7 Å². The third-order valence-corrected chi connectivity index (χ3v) is 7.55. The molecule has 5 aliphatic rings. The molecule has 3 atom stereocenters. The van der Waals surface area contributed by atoms with E-state index in [1.54, 1.807) is 11.6 Å². The lowest BCUT2D eigenvalue weighted by Crippen LogP contribution is -2.56. The summed E-state index contributed by atoms with van der Waals surface area (Å²) in [6.45, 7) is 0.613. The first-order chi connectivity index (χ1) is 12.8. The zero-order valence-corrected chi connectivity index (χ0v) is 16.1. The summed E-state index contributed by atoms with van der Waals surface area (Å²) in [4.78, 5) is 25.0. The largest absolute Gasteiger partial charge is 0.390 e. The van der Waals surface area contributed by atoms with Crippen LogP contribution in [-0.4, -0.2) is 37.0 Å². The Labute approximate surface area is 159 Å². The van der Waals surface area contributed by atoms with E-state index in [1.165, 1.54) is 11.1 Å². The molecule has 1 aromatic rings. The van der Waals surface area contributed by atoms with Crippen LogP contribution in [0.25, 0.3) is 0 Å². The highest BCUT2D eigenvalue weighted by atomic mass is 16.3. The molecule has 0 spiro atoms. The van der Waals surface area contributed by atoms with Gasteiger partial charge in [-0.3, -0.25) is 9.36 Å². The predicted octanol–water partition coefficient (Wildman–Crippen LogP) is 1.12. The van der Waals surface area contributed by atoms with Gasteiger partial charge in [-0.25, -0.2) is 9.48 Å². The molecule has 27 heavy (non-hydrogen) atoms. The Morgan fingerprint density at radius 3 is 2.70 bits per heavy atom. The van der Waals surface area contributed by atoms with E-state index < -0.39 is 5.60 Å². The van der Waals surface area contributed by atoms with Gasteiger partial charge in [0.15, 0.2) is 0 Å². The molecule has 4 aliphatic carbocycles. The SMILES string of the molecule is Cn1nc2n(c1=O)CCC(NC(=O)CC13CC4CC(CC(O)(C4)C1)C3)CC2. The summed E-state index contributed by atoms with van der Waals surface area (Å²) in [7, 11) is 1.68. The van der Waals surface area contributed by atoms with Crippen molar-refractivity contribution in [1.29, 1.82) is 0 Å². The van der Waals surface area contributed by atoms with Crippen LogP contribution < -0.4 is 11.0 Å². The van der Waals surface area contributed by atoms with Gasteiger partial charge in [0.1, 0.15) is 5.82 Å². The molecule has 7 heteroatoms. The molecule has 0 aromatic carbocycles. The van der Waals surface area contributed by atoms with E-state index >= 15 is 0 Å². The lowest BCUT2D eigenvalue weighted by atomic mass is 9.47. The smallest absolute Gasteiger partial charge is 0.345 e. The van der Waals surface area contributed by atoms with Crippen molar-refractivity contribution in [2.45, 2.75) is 82.4 Å². The van der Waals surface area contributed by atoms with Crippen molar-refractivity contribution in [2.24, 2.45) is 24.3 Å². The van der Waals surface area contributed by atoms with Crippen LogP contribution in [0.1, 0.15) is 63.6 Å². The number of nitrogens with one attached hydrogen (secondary N) is 1. The van der Waals surface area contributed by atoms with Gasteiger partial charge >= 0.3 is 5.69 Å². The van der Waals surface area contributed by atoms with Gasteiger partial charge in [0, 0.05) is 32.5 Å². The second kappa shape index (κ2) is 5.93. The Morgan fingerprint density at radius 1 is 1.26 bits per heavy atom. The van der Waals surface area contributed by atoms with Gasteiger partial charge in [-0.15, -0.1) is 0 Å². The molecule has 6 rings (SSSR count). The van der Waals surface area contributed by atoms with Gasteiger partial charge in [0.2, 0.25) is 5.91 Å². The van der Waals surface area contributed by atoms with Crippen molar-refractivity contribution >= 4 is 5.91 Å². The number of rotatable bonds is 3. The summed E-state index contributed by atoms with van der Waals surface area (Å²) in [5, 5.41) is 18.4.